The highest BCUT2D eigenvalue weighted by Crippen LogP contribution is 2.22. The number of aromatic carboxylic acids is 1. The number of carboxylic acid groups (broad SMARTS) is 1. The van der Waals surface area contributed by atoms with Crippen molar-refractivity contribution in [2.45, 2.75) is 0 Å². The van der Waals surface area contributed by atoms with Gasteiger partial charge in [0, 0.05) is 17.6 Å². The summed E-state index contributed by atoms with van der Waals surface area (Å²) < 4.78 is 5.04. The number of nitrogens with two attached hydrogens (primary N) is 1. The molecule has 2 aromatic rings. The lowest BCUT2D eigenvalue weighted by molar-refractivity contribution is -0.122. The summed E-state index contributed by atoms with van der Waals surface area (Å²) in [6, 6.07) is 8.70. The molecule has 0 spiro atoms. The average molecular weight is 289 g/mol. The number of carbonyl (C=O) groups is 2. The van der Waals surface area contributed by atoms with Crippen molar-refractivity contribution in [2.75, 3.05) is 25.1 Å². The SMILES string of the molecule is NC(=O)COCCNc1cc(C(=O)O)nc2ccccc12. The lowest BCUT2D eigenvalue weighted by Crippen LogP contribution is -2.20. The number of anilines is 1. The summed E-state index contributed by atoms with van der Waals surface area (Å²) in [5, 5.41) is 13.0. The van der Waals surface area contributed by atoms with Crippen molar-refractivity contribution in [1.29, 1.82) is 0 Å². The molecule has 7 nitrogen and oxygen atoms in total. The van der Waals surface area contributed by atoms with E-state index >= 15 is 0 Å². The number of hydrogen-bond acceptors (Lipinski definition) is 5. The molecule has 7 heteroatoms. The molecule has 0 fully saturated rings. The van der Waals surface area contributed by atoms with Crippen LogP contribution in [0.25, 0.3) is 10.9 Å². The van der Waals surface area contributed by atoms with Crippen LogP contribution in [-0.4, -0.2) is 41.7 Å². The number of benzene rings is 1. The highest BCUT2D eigenvalue weighted by Gasteiger charge is 2.10. The average Bonchev–Trinajstić information content (AvgIpc) is 2.46. The van der Waals surface area contributed by atoms with Crippen LogP contribution in [0.3, 0.4) is 0 Å². The second-order valence-corrected chi connectivity index (χ2v) is 4.32. The van der Waals surface area contributed by atoms with Crippen molar-refractivity contribution in [1.82, 2.24) is 4.98 Å². The number of ether oxygens (including phenoxy) is 1. The fourth-order valence-electron chi connectivity index (χ4n) is 1.86. The van der Waals surface area contributed by atoms with Gasteiger partial charge in [-0.1, -0.05) is 18.2 Å². The molecule has 21 heavy (non-hydrogen) atoms. The second kappa shape index (κ2) is 6.67. The molecule has 1 amide bonds. The van der Waals surface area contributed by atoms with Gasteiger partial charge in [0.25, 0.3) is 0 Å². The molecule has 0 radical (unpaired) electrons. The van der Waals surface area contributed by atoms with Gasteiger partial charge in [0.15, 0.2) is 5.69 Å². The van der Waals surface area contributed by atoms with Gasteiger partial charge in [0.05, 0.1) is 12.1 Å². The maximum absolute atomic E-state index is 11.1. The van der Waals surface area contributed by atoms with Crippen LogP contribution in [0.4, 0.5) is 5.69 Å². The molecule has 0 bridgehead atoms. The third-order valence-electron chi connectivity index (χ3n) is 2.74. The van der Waals surface area contributed by atoms with Crippen molar-refractivity contribution in [3.63, 3.8) is 0 Å². The molecule has 0 saturated heterocycles. The zero-order chi connectivity index (χ0) is 15.2. The van der Waals surface area contributed by atoms with Crippen LogP contribution in [0.2, 0.25) is 0 Å². The minimum Gasteiger partial charge on any atom is -0.477 e. The van der Waals surface area contributed by atoms with Crippen molar-refractivity contribution < 1.29 is 19.4 Å². The van der Waals surface area contributed by atoms with Gasteiger partial charge in [-0.15, -0.1) is 0 Å². The summed E-state index contributed by atoms with van der Waals surface area (Å²) in [4.78, 5) is 25.7. The molecule has 4 N–H and O–H groups in total. The highest BCUT2D eigenvalue weighted by molar-refractivity contribution is 5.97. The van der Waals surface area contributed by atoms with E-state index < -0.39 is 11.9 Å². The van der Waals surface area contributed by atoms with Gasteiger partial charge >= 0.3 is 5.97 Å². The first kappa shape index (κ1) is 14.7. The van der Waals surface area contributed by atoms with E-state index in [0.29, 0.717) is 17.7 Å². The number of pyridine rings is 1. The molecule has 0 aliphatic heterocycles. The van der Waals surface area contributed by atoms with Crippen molar-refractivity contribution in [3.8, 4) is 0 Å². The largest absolute Gasteiger partial charge is 0.477 e. The molecule has 110 valence electrons. The number of nitrogens with one attached hydrogen (secondary N) is 1. The number of para-hydroxylation sites is 1. The second-order valence-electron chi connectivity index (χ2n) is 4.32. The minimum absolute atomic E-state index is 0.0331. The Morgan fingerprint density at radius 1 is 1.33 bits per heavy atom. The van der Waals surface area contributed by atoms with Crippen LogP contribution in [0.1, 0.15) is 10.5 Å². The molecular formula is C14H15N3O4. The third-order valence-corrected chi connectivity index (χ3v) is 2.74. The first-order valence-electron chi connectivity index (χ1n) is 6.31. The molecule has 1 aromatic heterocycles. The Hall–Kier alpha value is -2.67. The molecule has 0 aliphatic carbocycles. The topological polar surface area (TPSA) is 115 Å². The quantitative estimate of drug-likeness (QED) is 0.651. The number of carboxylic acids is 1. The maximum atomic E-state index is 11.1. The monoisotopic (exact) mass is 289 g/mol. The van der Waals surface area contributed by atoms with Crippen LogP contribution in [0, 0.1) is 0 Å². The molecular weight excluding hydrogens is 274 g/mol. The molecule has 2 rings (SSSR count). The standard InChI is InChI=1S/C14H15N3O4/c15-13(18)8-21-6-5-16-11-7-12(14(19)20)17-10-4-2-1-3-9(10)11/h1-4,7H,5-6,8H2,(H2,15,18)(H,16,17)(H,19,20). The zero-order valence-corrected chi connectivity index (χ0v) is 11.2. The van der Waals surface area contributed by atoms with Crippen molar-refractivity contribution >= 4 is 28.5 Å². The van der Waals surface area contributed by atoms with E-state index in [2.05, 4.69) is 10.3 Å². The molecule has 0 atom stereocenters. The van der Waals surface area contributed by atoms with E-state index in [1.807, 2.05) is 12.1 Å². The first-order chi connectivity index (χ1) is 10.1. The zero-order valence-electron chi connectivity index (χ0n) is 11.2. The van der Waals surface area contributed by atoms with Crippen LogP contribution < -0.4 is 11.1 Å². The first-order valence-corrected chi connectivity index (χ1v) is 6.31. The van der Waals surface area contributed by atoms with Crippen LogP contribution in [0.15, 0.2) is 30.3 Å². The summed E-state index contributed by atoms with van der Waals surface area (Å²) in [7, 11) is 0. The summed E-state index contributed by atoms with van der Waals surface area (Å²) in [5.41, 5.74) is 6.17. The smallest absolute Gasteiger partial charge is 0.354 e. The summed E-state index contributed by atoms with van der Waals surface area (Å²) >= 11 is 0. The fraction of sp³-hybridized carbons (Fsp3) is 0.214. The fourth-order valence-corrected chi connectivity index (χ4v) is 1.86. The Morgan fingerprint density at radius 2 is 2.10 bits per heavy atom. The van der Waals surface area contributed by atoms with Gasteiger partial charge in [0.1, 0.15) is 6.61 Å². The van der Waals surface area contributed by atoms with E-state index in [0.717, 1.165) is 5.39 Å². The summed E-state index contributed by atoms with van der Waals surface area (Å²) in [5.74, 6) is -1.62. The lowest BCUT2D eigenvalue weighted by Gasteiger charge is -2.10. The van der Waals surface area contributed by atoms with Crippen LogP contribution >= 0.6 is 0 Å². The Labute approximate surface area is 120 Å². The summed E-state index contributed by atoms with van der Waals surface area (Å²) in [6.45, 7) is 0.557. The van der Waals surface area contributed by atoms with Gasteiger partial charge in [-0.3, -0.25) is 4.79 Å². The number of carbonyl (C=O) groups excluding carboxylic acids is 1. The minimum atomic E-state index is -1.09. The van der Waals surface area contributed by atoms with E-state index in [-0.39, 0.29) is 18.9 Å². The number of nitrogens with zero attached hydrogens (tertiary/aromatic N) is 1. The molecule has 0 saturated carbocycles. The summed E-state index contributed by atoms with van der Waals surface area (Å²) in [6.07, 6.45) is 0. The van der Waals surface area contributed by atoms with Crippen molar-refractivity contribution in [2.24, 2.45) is 5.73 Å². The number of primary amides is 1. The number of hydrogen-bond donors (Lipinski definition) is 3. The number of aromatic nitrogens is 1. The predicted octanol–water partition coefficient (Wildman–Crippen LogP) is 0.847. The van der Waals surface area contributed by atoms with E-state index in [4.69, 9.17) is 15.6 Å². The van der Waals surface area contributed by atoms with Gasteiger partial charge in [-0.2, -0.15) is 0 Å². The van der Waals surface area contributed by atoms with Gasteiger partial charge in [-0.05, 0) is 12.1 Å². The van der Waals surface area contributed by atoms with Gasteiger partial charge in [-0.25, -0.2) is 9.78 Å². The highest BCUT2D eigenvalue weighted by atomic mass is 16.5. The van der Waals surface area contributed by atoms with Gasteiger partial charge < -0.3 is 20.9 Å². The Bertz CT molecular complexity index is 672. The number of rotatable bonds is 7. The van der Waals surface area contributed by atoms with E-state index in [1.54, 1.807) is 12.1 Å². The molecule has 1 heterocycles. The third kappa shape index (κ3) is 3.90. The lowest BCUT2D eigenvalue weighted by atomic mass is 10.1. The van der Waals surface area contributed by atoms with Crippen molar-refractivity contribution in [3.05, 3.63) is 36.0 Å². The van der Waals surface area contributed by atoms with Gasteiger partial charge in [0.2, 0.25) is 5.91 Å². The number of amides is 1. The molecule has 0 unspecified atom stereocenters. The normalized spacial score (nSPS) is 10.5. The van der Waals surface area contributed by atoms with Crippen LogP contribution in [-0.2, 0) is 9.53 Å². The Morgan fingerprint density at radius 3 is 2.81 bits per heavy atom. The van der Waals surface area contributed by atoms with Crippen LogP contribution in [0.5, 0.6) is 0 Å². The Balaban J connectivity index is 2.13. The number of fused-ring (bicyclic) bond motifs is 1. The predicted molar refractivity (Wildman–Crippen MR) is 77.2 cm³/mol. The molecule has 0 aliphatic rings. The molecule has 1 aromatic carbocycles. The van der Waals surface area contributed by atoms with E-state index in [9.17, 15) is 9.59 Å². The maximum Gasteiger partial charge on any atom is 0.354 e. The van der Waals surface area contributed by atoms with E-state index in [1.165, 1.54) is 6.07 Å². The Kier molecular flexibility index (Phi) is 4.68.